The number of nitrogens with one attached hydrogen (secondary N) is 2. The number of alkyl halides is 2. The van der Waals surface area contributed by atoms with Crippen molar-refractivity contribution in [3.05, 3.63) is 29.8 Å². The maximum Gasteiger partial charge on any atom is 0.387 e. The topological polar surface area (TPSA) is 76.7 Å². The van der Waals surface area contributed by atoms with Crippen LogP contribution < -0.4 is 20.1 Å². The van der Waals surface area contributed by atoms with Crippen molar-refractivity contribution in [2.75, 3.05) is 13.7 Å². The largest absolute Gasteiger partial charge is 0.493 e. The molecule has 0 aliphatic rings. The Morgan fingerprint density at radius 2 is 1.96 bits per heavy atom. The molecule has 0 spiro atoms. The molecule has 0 bridgehead atoms. The van der Waals surface area contributed by atoms with Gasteiger partial charge >= 0.3 is 6.61 Å². The van der Waals surface area contributed by atoms with Crippen LogP contribution in [0.3, 0.4) is 0 Å². The number of hydrogen-bond acceptors (Lipinski definition) is 4. The molecule has 0 saturated heterocycles. The number of ether oxygens (including phenoxy) is 2. The van der Waals surface area contributed by atoms with Crippen LogP contribution in [0.1, 0.15) is 19.4 Å². The lowest BCUT2D eigenvalue weighted by Gasteiger charge is -2.10. The summed E-state index contributed by atoms with van der Waals surface area (Å²) in [5, 5.41) is 5.07. The molecule has 1 aromatic rings. The van der Waals surface area contributed by atoms with E-state index in [1.165, 1.54) is 37.5 Å². The predicted octanol–water partition coefficient (Wildman–Crippen LogP) is 1.95. The lowest BCUT2D eigenvalue weighted by atomic mass is 10.2. The van der Waals surface area contributed by atoms with E-state index in [0.717, 1.165) is 0 Å². The molecule has 0 aromatic heterocycles. The Morgan fingerprint density at radius 1 is 1.25 bits per heavy atom. The molecule has 1 aromatic carbocycles. The second-order valence-corrected chi connectivity index (χ2v) is 5.06. The molecule has 0 radical (unpaired) electrons. The molecule has 132 valence electrons. The molecule has 0 aliphatic heterocycles. The minimum absolute atomic E-state index is 0.00798. The van der Waals surface area contributed by atoms with Gasteiger partial charge in [0.1, 0.15) is 0 Å². The highest BCUT2D eigenvalue weighted by atomic mass is 19.3. The number of benzene rings is 1. The van der Waals surface area contributed by atoms with Crippen LogP contribution in [0, 0.1) is 0 Å². The molecule has 8 heteroatoms. The average molecular weight is 342 g/mol. The maximum absolute atomic E-state index is 12.2. The summed E-state index contributed by atoms with van der Waals surface area (Å²) in [7, 11) is 1.32. The number of methoxy groups -OCH3 is 1. The van der Waals surface area contributed by atoms with Crippen LogP contribution in [0.25, 0.3) is 6.08 Å². The summed E-state index contributed by atoms with van der Waals surface area (Å²) in [5.41, 5.74) is 0.551. The van der Waals surface area contributed by atoms with Crippen LogP contribution in [0.5, 0.6) is 11.5 Å². The molecule has 24 heavy (non-hydrogen) atoms. The highest BCUT2D eigenvalue weighted by molar-refractivity contribution is 5.94. The van der Waals surface area contributed by atoms with Crippen molar-refractivity contribution in [2.45, 2.75) is 26.5 Å². The van der Waals surface area contributed by atoms with E-state index in [0.29, 0.717) is 5.56 Å². The monoisotopic (exact) mass is 342 g/mol. The van der Waals surface area contributed by atoms with E-state index >= 15 is 0 Å². The summed E-state index contributed by atoms with van der Waals surface area (Å²) in [5.74, 6) is -0.726. The normalized spacial score (nSPS) is 11.0. The van der Waals surface area contributed by atoms with Crippen molar-refractivity contribution in [3.63, 3.8) is 0 Å². The van der Waals surface area contributed by atoms with Crippen molar-refractivity contribution in [1.82, 2.24) is 10.6 Å². The summed E-state index contributed by atoms with van der Waals surface area (Å²) in [6, 6.07) is 4.26. The predicted molar refractivity (Wildman–Crippen MR) is 84.9 cm³/mol. The smallest absolute Gasteiger partial charge is 0.387 e. The molecule has 0 saturated carbocycles. The van der Waals surface area contributed by atoms with E-state index in [-0.39, 0.29) is 30.0 Å². The fourth-order valence-electron chi connectivity index (χ4n) is 1.75. The second-order valence-electron chi connectivity index (χ2n) is 5.06. The van der Waals surface area contributed by atoms with Crippen LogP contribution in [-0.4, -0.2) is 38.1 Å². The third kappa shape index (κ3) is 7.08. The minimum Gasteiger partial charge on any atom is -0.493 e. The zero-order chi connectivity index (χ0) is 18.1. The first-order chi connectivity index (χ1) is 11.3. The van der Waals surface area contributed by atoms with Gasteiger partial charge in [-0.15, -0.1) is 0 Å². The first-order valence-electron chi connectivity index (χ1n) is 7.20. The van der Waals surface area contributed by atoms with Crippen LogP contribution in [-0.2, 0) is 9.59 Å². The van der Waals surface area contributed by atoms with Crippen LogP contribution in [0.2, 0.25) is 0 Å². The Balaban J connectivity index is 2.63. The van der Waals surface area contributed by atoms with Crippen molar-refractivity contribution in [3.8, 4) is 11.5 Å². The summed E-state index contributed by atoms with van der Waals surface area (Å²) < 4.78 is 33.8. The molecule has 1 rings (SSSR count). The molecule has 2 N–H and O–H groups in total. The van der Waals surface area contributed by atoms with Crippen molar-refractivity contribution >= 4 is 17.9 Å². The lowest BCUT2D eigenvalue weighted by molar-refractivity contribution is -0.124. The van der Waals surface area contributed by atoms with Gasteiger partial charge in [0.25, 0.3) is 0 Å². The maximum atomic E-state index is 12.2. The second kappa shape index (κ2) is 9.49. The van der Waals surface area contributed by atoms with E-state index in [4.69, 9.17) is 4.74 Å². The lowest BCUT2D eigenvalue weighted by Crippen LogP contribution is -2.39. The van der Waals surface area contributed by atoms with Gasteiger partial charge in [0, 0.05) is 12.1 Å². The zero-order valence-corrected chi connectivity index (χ0v) is 13.6. The van der Waals surface area contributed by atoms with Crippen LogP contribution in [0.4, 0.5) is 8.78 Å². The van der Waals surface area contributed by atoms with E-state index in [1.807, 2.05) is 13.8 Å². The van der Waals surface area contributed by atoms with Gasteiger partial charge in [0.15, 0.2) is 11.5 Å². The minimum atomic E-state index is -2.96. The number of amides is 2. The summed E-state index contributed by atoms with van der Waals surface area (Å²) in [6.07, 6.45) is 2.69. The first-order valence-corrected chi connectivity index (χ1v) is 7.20. The number of halogens is 2. The Morgan fingerprint density at radius 3 is 2.54 bits per heavy atom. The Bertz CT molecular complexity index is 604. The number of carbonyl (C=O) groups is 2. The van der Waals surface area contributed by atoms with Gasteiger partial charge in [-0.2, -0.15) is 8.78 Å². The van der Waals surface area contributed by atoms with Gasteiger partial charge in [0.05, 0.1) is 13.7 Å². The molecule has 0 unspecified atom stereocenters. The number of carbonyl (C=O) groups excluding carboxylic acids is 2. The van der Waals surface area contributed by atoms with Gasteiger partial charge in [-0.05, 0) is 37.6 Å². The molecule has 0 atom stereocenters. The molecular formula is C16H20F2N2O4. The molecule has 0 heterocycles. The highest BCUT2D eigenvalue weighted by Crippen LogP contribution is 2.29. The number of hydrogen-bond donors (Lipinski definition) is 2. The fourth-order valence-corrected chi connectivity index (χ4v) is 1.75. The average Bonchev–Trinajstić information content (AvgIpc) is 2.50. The van der Waals surface area contributed by atoms with Crippen molar-refractivity contribution in [2.24, 2.45) is 0 Å². The highest BCUT2D eigenvalue weighted by Gasteiger charge is 2.10. The molecular weight excluding hydrogens is 322 g/mol. The Labute approximate surface area is 138 Å². The van der Waals surface area contributed by atoms with Crippen molar-refractivity contribution in [1.29, 1.82) is 0 Å². The third-order valence-electron chi connectivity index (χ3n) is 2.70. The quantitative estimate of drug-likeness (QED) is 0.708. The first kappa shape index (κ1) is 19.4. The zero-order valence-electron chi connectivity index (χ0n) is 13.6. The van der Waals surface area contributed by atoms with Crippen LogP contribution in [0.15, 0.2) is 24.3 Å². The third-order valence-corrected chi connectivity index (χ3v) is 2.70. The van der Waals surface area contributed by atoms with E-state index in [9.17, 15) is 18.4 Å². The molecule has 2 amide bonds. The Hall–Kier alpha value is -2.64. The fraction of sp³-hybridized carbons (Fsp3) is 0.375. The SMILES string of the molecule is COc1cc(/C=C/C(=O)NCC(=O)NC(C)C)ccc1OC(F)F. The van der Waals surface area contributed by atoms with Gasteiger partial charge in [-0.1, -0.05) is 6.07 Å². The van der Waals surface area contributed by atoms with Crippen molar-refractivity contribution < 1.29 is 27.8 Å². The summed E-state index contributed by atoms with van der Waals surface area (Å²) in [6.45, 7) is 0.539. The Kier molecular flexibility index (Phi) is 7.67. The molecule has 0 fully saturated rings. The summed E-state index contributed by atoms with van der Waals surface area (Å²) >= 11 is 0. The van der Waals surface area contributed by atoms with Crippen LogP contribution >= 0.6 is 0 Å². The number of rotatable bonds is 8. The van der Waals surface area contributed by atoms with Gasteiger partial charge in [-0.25, -0.2) is 0 Å². The van der Waals surface area contributed by atoms with E-state index in [2.05, 4.69) is 15.4 Å². The van der Waals surface area contributed by atoms with Gasteiger partial charge in [-0.3, -0.25) is 9.59 Å². The molecule has 0 aliphatic carbocycles. The van der Waals surface area contributed by atoms with E-state index < -0.39 is 12.5 Å². The van der Waals surface area contributed by atoms with Gasteiger partial charge in [0.2, 0.25) is 11.8 Å². The van der Waals surface area contributed by atoms with E-state index in [1.54, 1.807) is 0 Å². The standard InChI is InChI=1S/C16H20F2N2O4/c1-10(2)20-15(22)9-19-14(21)7-5-11-4-6-12(24-16(17)18)13(8-11)23-3/h4-8,10,16H,9H2,1-3H3,(H,19,21)(H,20,22)/b7-5+. The van der Waals surface area contributed by atoms with Gasteiger partial charge < -0.3 is 20.1 Å². The summed E-state index contributed by atoms with van der Waals surface area (Å²) in [4.78, 5) is 23.0. The molecule has 6 nitrogen and oxygen atoms in total.